The van der Waals surface area contributed by atoms with Crippen molar-refractivity contribution in [3.63, 3.8) is 0 Å². The van der Waals surface area contributed by atoms with Crippen molar-refractivity contribution >= 4 is 5.91 Å². The predicted molar refractivity (Wildman–Crippen MR) is 51.3 cm³/mol. The molecule has 2 unspecified atom stereocenters. The number of nitrogens with one attached hydrogen (secondary N) is 1. The number of rotatable bonds is 1. The largest absolute Gasteiger partial charge is 0.356 e. The summed E-state index contributed by atoms with van der Waals surface area (Å²) in [5.74, 6) is 0.938. The number of carbonyl (C=O) groups excluding carboxylic acids is 1. The van der Waals surface area contributed by atoms with Gasteiger partial charge >= 0.3 is 0 Å². The summed E-state index contributed by atoms with van der Waals surface area (Å²) in [5.41, 5.74) is 0.224. The molecule has 3 nitrogen and oxygen atoms in total. The standard InChI is InChI=1S/C10H18N2O/c1-10(5-9(13)11-7-10)8-3-4-12(2)6-8/h8H,3-7H2,1-2H3,(H,11,13). The monoisotopic (exact) mass is 182 g/mol. The zero-order chi connectivity index (χ0) is 9.47. The van der Waals surface area contributed by atoms with E-state index in [1.54, 1.807) is 0 Å². The Labute approximate surface area is 79.5 Å². The molecule has 2 rings (SSSR count). The van der Waals surface area contributed by atoms with Crippen molar-refractivity contribution in [1.82, 2.24) is 10.2 Å². The van der Waals surface area contributed by atoms with Gasteiger partial charge in [-0.3, -0.25) is 4.79 Å². The van der Waals surface area contributed by atoms with Crippen molar-refractivity contribution < 1.29 is 4.79 Å². The Hall–Kier alpha value is -0.570. The summed E-state index contributed by atoms with van der Waals surface area (Å²) >= 11 is 0. The molecule has 0 spiro atoms. The lowest BCUT2D eigenvalue weighted by Gasteiger charge is -2.28. The third-order valence-corrected chi connectivity index (χ3v) is 3.63. The molecule has 1 amide bonds. The van der Waals surface area contributed by atoms with E-state index in [1.807, 2.05) is 0 Å². The fraction of sp³-hybridized carbons (Fsp3) is 0.900. The molecule has 0 aromatic carbocycles. The molecule has 0 aliphatic carbocycles. The maximum atomic E-state index is 11.2. The highest BCUT2D eigenvalue weighted by molar-refractivity contribution is 5.79. The van der Waals surface area contributed by atoms with Crippen LogP contribution in [0.5, 0.6) is 0 Å². The average Bonchev–Trinajstić information content (AvgIpc) is 2.60. The van der Waals surface area contributed by atoms with Gasteiger partial charge in [-0.25, -0.2) is 0 Å². The molecule has 1 N–H and O–H groups in total. The fourth-order valence-corrected chi connectivity index (χ4v) is 2.58. The number of hydrogen-bond acceptors (Lipinski definition) is 2. The fourth-order valence-electron chi connectivity index (χ4n) is 2.58. The SMILES string of the molecule is CN1CCC(C2(C)CNC(=O)C2)C1. The molecule has 0 saturated carbocycles. The zero-order valence-electron chi connectivity index (χ0n) is 8.47. The minimum atomic E-state index is 0.224. The van der Waals surface area contributed by atoms with E-state index in [4.69, 9.17) is 0 Å². The van der Waals surface area contributed by atoms with Crippen LogP contribution in [0.1, 0.15) is 19.8 Å². The van der Waals surface area contributed by atoms with Gasteiger partial charge in [0.2, 0.25) is 5.91 Å². The van der Waals surface area contributed by atoms with Crippen LogP contribution in [0.25, 0.3) is 0 Å². The molecule has 0 aromatic rings. The van der Waals surface area contributed by atoms with Gasteiger partial charge in [-0.05, 0) is 31.3 Å². The minimum Gasteiger partial charge on any atom is -0.356 e. The first kappa shape index (κ1) is 9.00. The molecule has 3 heteroatoms. The van der Waals surface area contributed by atoms with Gasteiger partial charge in [0, 0.05) is 19.5 Å². The van der Waals surface area contributed by atoms with Gasteiger partial charge in [0.15, 0.2) is 0 Å². The highest BCUT2D eigenvalue weighted by Gasteiger charge is 2.42. The summed E-state index contributed by atoms with van der Waals surface area (Å²) in [4.78, 5) is 13.5. The van der Waals surface area contributed by atoms with Crippen LogP contribution in [0.4, 0.5) is 0 Å². The quantitative estimate of drug-likeness (QED) is 0.639. The highest BCUT2D eigenvalue weighted by Crippen LogP contribution is 2.39. The second kappa shape index (κ2) is 2.98. The Morgan fingerprint density at radius 1 is 1.62 bits per heavy atom. The lowest BCUT2D eigenvalue weighted by Crippen LogP contribution is -2.31. The zero-order valence-corrected chi connectivity index (χ0v) is 8.47. The van der Waals surface area contributed by atoms with Crippen molar-refractivity contribution in [2.75, 3.05) is 26.7 Å². The maximum Gasteiger partial charge on any atom is 0.220 e. The van der Waals surface area contributed by atoms with E-state index >= 15 is 0 Å². The van der Waals surface area contributed by atoms with Gasteiger partial charge in [-0.2, -0.15) is 0 Å². The van der Waals surface area contributed by atoms with E-state index in [2.05, 4.69) is 24.2 Å². The van der Waals surface area contributed by atoms with Crippen LogP contribution >= 0.6 is 0 Å². The number of nitrogens with zero attached hydrogens (tertiary/aromatic N) is 1. The van der Waals surface area contributed by atoms with E-state index in [0.29, 0.717) is 5.92 Å². The first-order valence-electron chi connectivity index (χ1n) is 5.05. The summed E-state index contributed by atoms with van der Waals surface area (Å²) in [5, 5.41) is 2.94. The molecule has 2 heterocycles. The molecular formula is C10H18N2O. The summed E-state index contributed by atoms with van der Waals surface area (Å²) in [6.45, 7) is 5.47. The molecule has 2 saturated heterocycles. The smallest absolute Gasteiger partial charge is 0.220 e. The second-order valence-corrected chi connectivity index (χ2v) is 4.86. The van der Waals surface area contributed by atoms with Crippen molar-refractivity contribution in [1.29, 1.82) is 0 Å². The topological polar surface area (TPSA) is 32.3 Å². The first-order chi connectivity index (χ1) is 6.10. The Bertz CT molecular complexity index is 229. The molecule has 2 aliphatic rings. The molecule has 2 fully saturated rings. The first-order valence-corrected chi connectivity index (χ1v) is 5.05. The summed E-state index contributed by atoms with van der Waals surface area (Å²) in [6.07, 6.45) is 1.98. The normalized spacial score (nSPS) is 41.1. The van der Waals surface area contributed by atoms with Crippen LogP contribution in [0.3, 0.4) is 0 Å². The van der Waals surface area contributed by atoms with Gasteiger partial charge in [-0.15, -0.1) is 0 Å². The van der Waals surface area contributed by atoms with Crippen LogP contribution in [0.15, 0.2) is 0 Å². The van der Waals surface area contributed by atoms with Crippen molar-refractivity contribution in [2.24, 2.45) is 11.3 Å². The molecule has 0 aromatic heterocycles. The molecule has 13 heavy (non-hydrogen) atoms. The van der Waals surface area contributed by atoms with E-state index < -0.39 is 0 Å². The molecule has 2 atom stereocenters. The van der Waals surface area contributed by atoms with Crippen LogP contribution < -0.4 is 5.32 Å². The molecule has 74 valence electrons. The van der Waals surface area contributed by atoms with Gasteiger partial charge in [0.25, 0.3) is 0 Å². The Morgan fingerprint density at radius 2 is 2.38 bits per heavy atom. The van der Waals surface area contributed by atoms with Gasteiger partial charge in [-0.1, -0.05) is 6.92 Å². The molecule has 0 bridgehead atoms. The Kier molecular flexibility index (Phi) is 2.06. The molecule has 0 radical (unpaired) electrons. The lowest BCUT2D eigenvalue weighted by molar-refractivity contribution is -0.119. The van der Waals surface area contributed by atoms with Crippen molar-refractivity contribution in [3.8, 4) is 0 Å². The molecule has 2 aliphatic heterocycles. The van der Waals surface area contributed by atoms with Crippen molar-refractivity contribution in [2.45, 2.75) is 19.8 Å². The maximum absolute atomic E-state index is 11.2. The number of amides is 1. The number of hydrogen-bond donors (Lipinski definition) is 1. The van der Waals surface area contributed by atoms with Crippen molar-refractivity contribution in [3.05, 3.63) is 0 Å². The van der Waals surface area contributed by atoms with Crippen LogP contribution in [0, 0.1) is 11.3 Å². The highest BCUT2D eigenvalue weighted by atomic mass is 16.1. The lowest BCUT2D eigenvalue weighted by atomic mass is 9.76. The summed E-state index contributed by atoms with van der Waals surface area (Å²) < 4.78 is 0. The summed E-state index contributed by atoms with van der Waals surface area (Å²) in [6, 6.07) is 0. The van der Waals surface area contributed by atoms with E-state index in [9.17, 15) is 4.79 Å². The third-order valence-electron chi connectivity index (χ3n) is 3.63. The molecular weight excluding hydrogens is 164 g/mol. The van der Waals surface area contributed by atoms with Gasteiger partial charge < -0.3 is 10.2 Å². The number of likely N-dealkylation sites (tertiary alicyclic amines) is 1. The number of carbonyl (C=O) groups is 1. The van der Waals surface area contributed by atoms with Crippen LogP contribution in [0.2, 0.25) is 0 Å². The van der Waals surface area contributed by atoms with E-state index in [1.165, 1.54) is 13.0 Å². The van der Waals surface area contributed by atoms with Crippen LogP contribution in [-0.4, -0.2) is 37.5 Å². The summed E-state index contributed by atoms with van der Waals surface area (Å²) in [7, 11) is 2.16. The van der Waals surface area contributed by atoms with Crippen LogP contribution in [-0.2, 0) is 4.79 Å². The Morgan fingerprint density at radius 3 is 2.85 bits per heavy atom. The third kappa shape index (κ3) is 1.57. The van der Waals surface area contributed by atoms with Gasteiger partial charge in [0.05, 0.1) is 0 Å². The average molecular weight is 182 g/mol. The minimum absolute atomic E-state index is 0.224. The van der Waals surface area contributed by atoms with E-state index in [0.717, 1.165) is 19.5 Å². The van der Waals surface area contributed by atoms with E-state index in [-0.39, 0.29) is 11.3 Å². The Balaban J connectivity index is 2.03. The van der Waals surface area contributed by atoms with Gasteiger partial charge in [0.1, 0.15) is 0 Å². The predicted octanol–water partition coefficient (Wildman–Crippen LogP) is 0.464. The second-order valence-electron chi connectivity index (χ2n) is 4.86.